The van der Waals surface area contributed by atoms with Gasteiger partial charge >= 0.3 is 0 Å². The van der Waals surface area contributed by atoms with Crippen molar-refractivity contribution in [3.8, 4) is 0 Å². The molecule has 0 fully saturated rings. The van der Waals surface area contributed by atoms with E-state index in [1.165, 1.54) is 10.4 Å². The molecule has 3 aromatic rings. The highest BCUT2D eigenvalue weighted by Crippen LogP contribution is 2.24. The van der Waals surface area contributed by atoms with Crippen molar-refractivity contribution < 1.29 is 0 Å². The third kappa shape index (κ3) is 3.51. The first kappa shape index (κ1) is 16.3. The number of hydrogen-bond donors (Lipinski definition) is 0. The van der Waals surface area contributed by atoms with Crippen LogP contribution in [0.4, 0.5) is 0 Å². The second-order valence-electron chi connectivity index (χ2n) is 5.43. The van der Waals surface area contributed by atoms with Crippen LogP contribution in [0.15, 0.2) is 46.3 Å². The minimum Gasteiger partial charge on any atom is -0.287 e. The molecule has 120 valence electrons. The third-order valence-corrected chi connectivity index (χ3v) is 5.74. The second-order valence-corrected chi connectivity index (χ2v) is 7.32. The molecule has 0 aliphatic rings. The fraction of sp³-hybridized carbons (Fsp3) is 0.333. The monoisotopic (exact) mass is 344 g/mol. The number of rotatable bonds is 6. The van der Waals surface area contributed by atoms with Gasteiger partial charge in [0.2, 0.25) is 0 Å². The molecule has 0 saturated carbocycles. The zero-order valence-corrected chi connectivity index (χ0v) is 15.0. The fourth-order valence-corrected chi connectivity index (χ4v) is 4.25. The van der Waals surface area contributed by atoms with Crippen LogP contribution in [0.25, 0.3) is 10.2 Å². The van der Waals surface area contributed by atoms with Crippen molar-refractivity contribution in [2.75, 3.05) is 6.26 Å². The molecule has 3 nitrogen and oxygen atoms in total. The Kier molecular flexibility index (Phi) is 5.18. The Balaban J connectivity index is 1.86. The van der Waals surface area contributed by atoms with Crippen LogP contribution in [0.2, 0.25) is 0 Å². The van der Waals surface area contributed by atoms with Crippen molar-refractivity contribution in [3.63, 3.8) is 0 Å². The molecule has 0 radical (unpaired) electrons. The fourth-order valence-electron chi connectivity index (χ4n) is 2.66. The largest absolute Gasteiger partial charge is 0.287 e. The molecule has 0 aliphatic carbocycles. The molecule has 3 rings (SSSR count). The molecule has 0 bridgehead atoms. The molecule has 0 saturated heterocycles. The quantitative estimate of drug-likeness (QED) is 0.492. The highest BCUT2D eigenvalue weighted by Gasteiger charge is 2.13. The highest BCUT2D eigenvalue weighted by atomic mass is 32.2. The number of hydrogen-bond acceptors (Lipinski definition) is 4. The van der Waals surface area contributed by atoms with Gasteiger partial charge in [-0.25, -0.2) is 4.98 Å². The lowest BCUT2D eigenvalue weighted by Crippen LogP contribution is -2.23. The standard InChI is InChI=1S/C18H20N2OS2/c1-3-14-12-15-16(23-14)19-18(22-2)20(17(15)21)11-7-10-13-8-5-4-6-9-13/h4-6,8-9,12H,3,7,10-11H2,1-2H3. The maximum absolute atomic E-state index is 12.8. The molecule has 1 aromatic carbocycles. The Morgan fingerprint density at radius 1 is 1.26 bits per heavy atom. The van der Waals surface area contributed by atoms with Crippen molar-refractivity contribution in [1.82, 2.24) is 9.55 Å². The average Bonchev–Trinajstić information content (AvgIpc) is 3.01. The summed E-state index contributed by atoms with van der Waals surface area (Å²) in [6.07, 6.45) is 4.84. The Morgan fingerprint density at radius 2 is 2.04 bits per heavy atom. The van der Waals surface area contributed by atoms with Crippen molar-refractivity contribution in [1.29, 1.82) is 0 Å². The van der Waals surface area contributed by atoms with Gasteiger partial charge in [-0.1, -0.05) is 49.0 Å². The smallest absolute Gasteiger partial charge is 0.262 e. The van der Waals surface area contributed by atoms with E-state index in [-0.39, 0.29) is 5.56 Å². The molecule has 0 atom stereocenters. The van der Waals surface area contributed by atoms with Crippen molar-refractivity contribution >= 4 is 33.3 Å². The van der Waals surface area contributed by atoms with E-state index in [0.717, 1.165) is 34.6 Å². The zero-order chi connectivity index (χ0) is 16.2. The molecule has 0 unspecified atom stereocenters. The van der Waals surface area contributed by atoms with Crippen LogP contribution in [0.5, 0.6) is 0 Å². The van der Waals surface area contributed by atoms with Gasteiger partial charge in [-0.3, -0.25) is 9.36 Å². The summed E-state index contributed by atoms with van der Waals surface area (Å²) in [6, 6.07) is 12.4. The normalized spacial score (nSPS) is 11.2. The van der Waals surface area contributed by atoms with Crippen LogP contribution < -0.4 is 5.56 Å². The summed E-state index contributed by atoms with van der Waals surface area (Å²) in [5.74, 6) is 0. The molecule has 2 heterocycles. The number of thiophene rings is 1. The summed E-state index contributed by atoms with van der Waals surface area (Å²) in [4.78, 5) is 19.6. The Bertz CT molecular complexity index is 853. The molecular formula is C18H20N2OS2. The number of nitrogens with zero attached hydrogens (tertiary/aromatic N) is 2. The number of benzene rings is 1. The summed E-state index contributed by atoms with van der Waals surface area (Å²) in [7, 11) is 0. The molecule has 23 heavy (non-hydrogen) atoms. The van der Waals surface area contributed by atoms with Gasteiger partial charge < -0.3 is 0 Å². The van der Waals surface area contributed by atoms with Gasteiger partial charge in [-0.15, -0.1) is 11.3 Å². The summed E-state index contributed by atoms with van der Waals surface area (Å²) >= 11 is 3.18. The molecule has 0 spiro atoms. The van der Waals surface area contributed by atoms with E-state index in [0.29, 0.717) is 6.54 Å². The lowest BCUT2D eigenvalue weighted by molar-refractivity contribution is 0.565. The van der Waals surface area contributed by atoms with Crippen LogP contribution in [-0.2, 0) is 19.4 Å². The molecular weight excluding hydrogens is 324 g/mol. The predicted octanol–water partition coefficient (Wildman–Crippen LogP) is 4.38. The summed E-state index contributed by atoms with van der Waals surface area (Å²) in [6.45, 7) is 2.82. The highest BCUT2D eigenvalue weighted by molar-refractivity contribution is 7.98. The van der Waals surface area contributed by atoms with Gasteiger partial charge in [0.25, 0.3) is 5.56 Å². The van der Waals surface area contributed by atoms with E-state index in [9.17, 15) is 4.79 Å². The van der Waals surface area contributed by atoms with Gasteiger partial charge in [0, 0.05) is 11.4 Å². The first-order chi connectivity index (χ1) is 11.2. The predicted molar refractivity (Wildman–Crippen MR) is 99.8 cm³/mol. The first-order valence-electron chi connectivity index (χ1n) is 7.84. The molecule has 0 aliphatic heterocycles. The van der Waals surface area contributed by atoms with Crippen molar-refractivity contribution in [3.05, 3.63) is 57.2 Å². The van der Waals surface area contributed by atoms with E-state index < -0.39 is 0 Å². The Labute approximate surface area is 144 Å². The topological polar surface area (TPSA) is 34.9 Å². The summed E-state index contributed by atoms with van der Waals surface area (Å²) in [5.41, 5.74) is 1.41. The van der Waals surface area contributed by atoms with Gasteiger partial charge in [0.05, 0.1) is 5.39 Å². The number of aryl methyl sites for hydroxylation is 2. The van der Waals surface area contributed by atoms with Crippen LogP contribution in [0.3, 0.4) is 0 Å². The van der Waals surface area contributed by atoms with E-state index in [4.69, 9.17) is 4.98 Å². The maximum Gasteiger partial charge on any atom is 0.262 e. The SMILES string of the molecule is CCc1cc2c(=O)n(CCCc3ccccc3)c(SC)nc2s1. The van der Waals surface area contributed by atoms with E-state index >= 15 is 0 Å². The zero-order valence-electron chi connectivity index (χ0n) is 13.4. The minimum absolute atomic E-state index is 0.100. The molecule has 5 heteroatoms. The lowest BCUT2D eigenvalue weighted by Gasteiger charge is -2.10. The van der Waals surface area contributed by atoms with E-state index in [1.807, 2.05) is 23.0 Å². The van der Waals surface area contributed by atoms with E-state index in [2.05, 4.69) is 31.2 Å². The Hall–Kier alpha value is -1.59. The maximum atomic E-state index is 12.8. The van der Waals surface area contributed by atoms with Crippen LogP contribution in [0, 0.1) is 0 Å². The minimum atomic E-state index is 0.100. The first-order valence-corrected chi connectivity index (χ1v) is 9.88. The second kappa shape index (κ2) is 7.32. The average molecular weight is 345 g/mol. The summed E-state index contributed by atoms with van der Waals surface area (Å²) < 4.78 is 1.84. The van der Waals surface area contributed by atoms with Gasteiger partial charge in [-0.05, 0) is 37.1 Å². The van der Waals surface area contributed by atoms with Crippen molar-refractivity contribution in [2.45, 2.75) is 37.9 Å². The van der Waals surface area contributed by atoms with Gasteiger partial charge in [0.15, 0.2) is 5.16 Å². The lowest BCUT2D eigenvalue weighted by atomic mass is 10.1. The van der Waals surface area contributed by atoms with Crippen LogP contribution in [0.1, 0.15) is 23.8 Å². The number of fused-ring (bicyclic) bond motifs is 1. The third-order valence-electron chi connectivity index (χ3n) is 3.89. The van der Waals surface area contributed by atoms with Crippen molar-refractivity contribution in [2.24, 2.45) is 0 Å². The molecule has 0 N–H and O–H groups in total. The van der Waals surface area contributed by atoms with Crippen LogP contribution >= 0.6 is 23.1 Å². The number of aromatic nitrogens is 2. The van der Waals surface area contributed by atoms with E-state index in [1.54, 1.807) is 23.1 Å². The summed E-state index contributed by atoms with van der Waals surface area (Å²) in [5, 5.41) is 1.59. The van der Waals surface area contributed by atoms with Crippen LogP contribution in [-0.4, -0.2) is 15.8 Å². The van der Waals surface area contributed by atoms with Gasteiger partial charge in [-0.2, -0.15) is 0 Å². The number of thioether (sulfide) groups is 1. The van der Waals surface area contributed by atoms with Gasteiger partial charge in [0.1, 0.15) is 4.83 Å². The molecule has 2 aromatic heterocycles. The Morgan fingerprint density at radius 3 is 2.74 bits per heavy atom. The molecule has 0 amide bonds.